The molecule has 142 valence electrons. The molecule has 1 saturated carbocycles. The van der Waals surface area contributed by atoms with Crippen LogP contribution in [0.15, 0.2) is 24.3 Å². The van der Waals surface area contributed by atoms with Gasteiger partial charge in [0.25, 0.3) is 5.91 Å². The van der Waals surface area contributed by atoms with Gasteiger partial charge in [0.05, 0.1) is 16.5 Å². The number of carbonyl (C=O) groups is 2. The first-order valence-electron chi connectivity index (χ1n) is 8.40. The van der Waals surface area contributed by atoms with Gasteiger partial charge in [0.2, 0.25) is 0 Å². The Balaban J connectivity index is 1.49. The number of esters is 1. The summed E-state index contributed by atoms with van der Waals surface area (Å²) >= 11 is 5.93. The highest BCUT2D eigenvalue weighted by atomic mass is 35.5. The molecular weight excluding hydrogens is 382 g/mol. The lowest BCUT2D eigenvalue weighted by Crippen LogP contribution is -2.45. The third kappa shape index (κ3) is 4.88. The molecule has 0 unspecified atom stereocenters. The number of carbonyl (C=O) groups excluding carboxylic acids is 2. The summed E-state index contributed by atoms with van der Waals surface area (Å²) in [5, 5.41) is 0.374. The highest BCUT2D eigenvalue weighted by molar-refractivity contribution is 7.91. The van der Waals surface area contributed by atoms with Crippen molar-refractivity contribution in [1.82, 2.24) is 4.90 Å². The maximum Gasteiger partial charge on any atom is 0.344 e. The van der Waals surface area contributed by atoms with Crippen LogP contribution in [-0.2, 0) is 24.2 Å². The Morgan fingerprint density at radius 1 is 1.12 bits per heavy atom. The van der Waals surface area contributed by atoms with E-state index in [-0.39, 0.29) is 36.1 Å². The van der Waals surface area contributed by atoms with Crippen LogP contribution in [0.2, 0.25) is 5.02 Å². The van der Waals surface area contributed by atoms with Crippen LogP contribution in [0, 0.1) is 0 Å². The van der Waals surface area contributed by atoms with Crippen LogP contribution in [0.3, 0.4) is 0 Å². The summed E-state index contributed by atoms with van der Waals surface area (Å²) in [6, 6.07) is 6.45. The smallest absolute Gasteiger partial charge is 0.344 e. The molecule has 9 heteroatoms. The largest absolute Gasteiger partial charge is 0.480 e. The van der Waals surface area contributed by atoms with Crippen LogP contribution in [0.5, 0.6) is 5.75 Å². The monoisotopic (exact) mass is 401 g/mol. The zero-order valence-corrected chi connectivity index (χ0v) is 15.7. The van der Waals surface area contributed by atoms with E-state index in [1.54, 1.807) is 29.2 Å². The second-order valence-corrected chi connectivity index (χ2v) is 9.10. The third-order valence-corrected chi connectivity index (χ3v) is 6.43. The molecule has 1 saturated heterocycles. The summed E-state index contributed by atoms with van der Waals surface area (Å²) in [5.41, 5.74) is 0. The molecular formula is C17H20ClNO6S. The zero-order valence-electron chi connectivity index (χ0n) is 14.1. The van der Waals surface area contributed by atoms with Gasteiger partial charge in [-0.05, 0) is 31.4 Å². The first-order valence-corrected chi connectivity index (χ1v) is 10.6. The molecule has 0 bridgehead atoms. The minimum absolute atomic E-state index is 0.0151. The summed E-state index contributed by atoms with van der Waals surface area (Å²) in [7, 11) is -3.09. The van der Waals surface area contributed by atoms with E-state index >= 15 is 0 Å². The maximum atomic E-state index is 12.4. The topological polar surface area (TPSA) is 90.0 Å². The molecule has 2 aliphatic rings. The van der Waals surface area contributed by atoms with E-state index in [0.717, 1.165) is 12.8 Å². The van der Waals surface area contributed by atoms with Gasteiger partial charge >= 0.3 is 5.97 Å². The van der Waals surface area contributed by atoms with Crippen molar-refractivity contribution >= 4 is 33.3 Å². The van der Waals surface area contributed by atoms with Crippen LogP contribution >= 0.6 is 11.6 Å². The van der Waals surface area contributed by atoms with Crippen molar-refractivity contribution in [2.75, 3.05) is 24.7 Å². The summed E-state index contributed by atoms with van der Waals surface area (Å²) < 4.78 is 33.6. The molecule has 1 aromatic rings. The third-order valence-electron chi connectivity index (χ3n) is 4.37. The summed E-state index contributed by atoms with van der Waals surface area (Å²) in [6.07, 6.45) is 2.14. The molecule has 1 atom stereocenters. The quantitative estimate of drug-likeness (QED) is 0.642. The van der Waals surface area contributed by atoms with Crippen molar-refractivity contribution in [1.29, 1.82) is 0 Å². The number of sulfone groups is 1. The number of ether oxygens (including phenoxy) is 2. The number of hydrogen-bond donors (Lipinski definition) is 0. The molecule has 26 heavy (non-hydrogen) atoms. The number of hydrogen-bond acceptors (Lipinski definition) is 6. The summed E-state index contributed by atoms with van der Waals surface area (Å²) in [5.74, 6) is -0.611. The fourth-order valence-electron chi connectivity index (χ4n) is 3.01. The molecule has 3 rings (SSSR count). The minimum atomic E-state index is -3.09. The number of benzene rings is 1. The lowest BCUT2D eigenvalue weighted by molar-refractivity contribution is -0.154. The average Bonchev–Trinajstić information content (AvgIpc) is 3.35. The van der Waals surface area contributed by atoms with E-state index in [9.17, 15) is 18.0 Å². The van der Waals surface area contributed by atoms with Crippen LogP contribution < -0.4 is 4.74 Å². The Labute approximate surface area is 157 Å². The lowest BCUT2D eigenvalue weighted by atomic mass is 10.2. The lowest BCUT2D eigenvalue weighted by Gasteiger charge is -2.28. The minimum Gasteiger partial charge on any atom is -0.480 e. The average molecular weight is 402 g/mol. The Bertz CT molecular complexity index is 792. The van der Waals surface area contributed by atoms with E-state index in [4.69, 9.17) is 21.1 Å². The Morgan fingerprint density at radius 2 is 1.85 bits per heavy atom. The zero-order chi connectivity index (χ0) is 18.7. The number of rotatable bonds is 7. The van der Waals surface area contributed by atoms with E-state index in [2.05, 4.69) is 0 Å². The number of amides is 1. The highest BCUT2D eigenvalue weighted by Crippen LogP contribution is 2.32. The molecule has 0 spiro atoms. The van der Waals surface area contributed by atoms with Crippen molar-refractivity contribution in [3.8, 4) is 5.75 Å². The molecule has 0 radical (unpaired) electrons. The second kappa shape index (κ2) is 7.84. The van der Waals surface area contributed by atoms with E-state index in [1.165, 1.54) is 0 Å². The Hall–Kier alpha value is -1.80. The molecule has 0 N–H and O–H groups in total. The van der Waals surface area contributed by atoms with Gasteiger partial charge in [-0.1, -0.05) is 23.7 Å². The molecule has 1 aromatic carbocycles. The number of para-hydroxylation sites is 1. The van der Waals surface area contributed by atoms with Crippen molar-refractivity contribution in [2.45, 2.75) is 31.3 Å². The van der Waals surface area contributed by atoms with Gasteiger partial charge in [0, 0.05) is 12.1 Å². The summed E-state index contributed by atoms with van der Waals surface area (Å²) in [4.78, 5) is 25.8. The standard InChI is InChI=1S/C17H20ClNO6S/c18-14-3-1-2-4-15(14)24-10-17(21)25-9-16(20)19(12-5-6-12)13-7-8-26(22,23)11-13/h1-4,12-13H,5-11H2/t13-/m0/s1. The number of nitrogens with zero attached hydrogens (tertiary/aromatic N) is 1. The van der Waals surface area contributed by atoms with Crippen molar-refractivity contribution < 1.29 is 27.5 Å². The van der Waals surface area contributed by atoms with E-state index < -0.39 is 22.4 Å². The number of halogens is 1. The molecule has 1 heterocycles. The van der Waals surface area contributed by atoms with Gasteiger partial charge in [-0.2, -0.15) is 0 Å². The SMILES string of the molecule is O=C(COc1ccccc1Cl)OCC(=O)N(C1CC1)[C@H]1CCS(=O)(=O)C1. The van der Waals surface area contributed by atoms with Crippen molar-refractivity contribution in [3.05, 3.63) is 29.3 Å². The Kier molecular flexibility index (Phi) is 5.72. The fraction of sp³-hybridized carbons (Fsp3) is 0.529. The van der Waals surface area contributed by atoms with Crippen molar-refractivity contribution in [2.24, 2.45) is 0 Å². The Morgan fingerprint density at radius 3 is 2.46 bits per heavy atom. The summed E-state index contributed by atoms with van der Waals surface area (Å²) in [6.45, 7) is -0.782. The molecule has 0 aromatic heterocycles. The predicted octanol–water partition coefficient (Wildman–Crippen LogP) is 1.44. The van der Waals surface area contributed by atoms with Crippen molar-refractivity contribution in [3.63, 3.8) is 0 Å². The molecule has 2 fully saturated rings. The van der Waals surface area contributed by atoms with E-state index in [1.807, 2.05) is 0 Å². The van der Waals surface area contributed by atoms with Crippen LogP contribution in [0.1, 0.15) is 19.3 Å². The fourth-order valence-corrected chi connectivity index (χ4v) is 4.91. The molecule has 1 amide bonds. The maximum absolute atomic E-state index is 12.4. The first kappa shape index (κ1) is 19.0. The van der Waals surface area contributed by atoms with Gasteiger partial charge in [0.1, 0.15) is 5.75 Å². The first-order chi connectivity index (χ1) is 12.4. The van der Waals surface area contributed by atoms with E-state index in [0.29, 0.717) is 17.2 Å². The molecule has 1 aliphatic carbocycles. The van der Waals surface area contributed by atoms with Crippen LogP contribution in [0.4, 0.5) is 0 Å². The van der Waals surface area contributed by atoms with Crippen LogP contribution in [-0.4, -0.2) is 62.0 Å². The molecule has 7 nitrogen and oxygen atoms in total. The van der Waals surface area contributed by atoms with Gasteiger partial charge < -0.3 is 14.4 Å². The highest BCUT2D eigenvalue weighted by Gasteiger charge is 2.42. The predicted molar refractivity (Wildman–Crippen MR) is 94.8 cm³/mol. The normalized spacial score (nSPS) is 21.2. The van der Waals surface area contributed by atoms with Crippen LogP contribution in [0.25, 0.3) is 0 Å². The molecule has 1 aliphatic heterocycles. The van der Waals surface area contributed by atoms with Gasteiger partial charge in [-0.25, -0.2) is 13.2 Å². The van der Waals surface area contributed by atoms with Gasteiger partial charge in [0.15, 0.2) is 23.1 Å². The van der Waals surface area contributed by atoms with Gasteiger partial charge in [-0.3, -0.25) is 4.79 Å². The second-order valence-electron chi connectivity index (χ2n) is 6.47. The van der Waals surface area contributed by atoms with Gasteiger partial charge in [-0.15, -0.1) is 0 Å².